The third-order valence-corrected chi connectivity index (χ3v) is 3.15. The molecule has 0 bridgehead atoms. The van der Waals surface area contributed by atoms with Crippen LogP contribution in [0.3, 0.4) is 0 Å². The third kappa shape index (κ3) is 2.64. The number of aromatic nitrogens is 1. The molecule has 1 aliphatic rings. The van der Waals surface area contributed by atoms with Crippen LogP contribution in [-0.2, 0) is 4.74 Å². The van der Waals surface area contributed by atoms with Crippen LogP contribution >= 0.6 is 0 Å². The van der Waals surface area contributed by atoms with E-state index in [1.165, 1.54) is 0 Å². The Morgan fingerprint density at radius 3 is 3.06 bits per heavy atom. The van der Waals surface area contributed by atoms with Crippen molar-refractivity contribution in [2.45, 2.75) is 19.4 Å². The molecule has 0 aromatic carbocycles. The topological polar surface area (TPSA) is 51.2 Å². The Balaban J connectivity index is 1.97. The Hall–Kier alpha value is -1.56. The van der Waals surface area contributed by atoms with E-state index in [2.05, 4.69) is 10.3 Å². The lowest BCUT2D eigenvalue weighted by molar-refractivity contribution is 0.0903. The van der Waals surface area contributed by atoms with E-state index in [9.17, 15) is 13.6 Å². The largest absolute Gasteiger partial charge is 0.378 e. The molecule has 4 nitrogen and oxygen atoms in total. The number of pyridine rings is 1. The fourth-order valence-corrected chi connectivity index (χ4v) is 1.96. The Kier molecular flexibility index (Phi) is 3.86. The number of hydrogen-bond donors (Lipinski definition) is 1. The van der Waals surface area contributed by atoms with Gasteiger partial charge in [-0.2, -0.15) is 4.39 Å². The van der Waals surface area contributed by atoms with Gasteiger partial charge in [0.2, 0.25) is 5.95 Å². The van der Waals surface area contributed by atoms with Crippen molar-refractivity contribution in [3.63, 3.8) is 0 Å². The molecule has 1 aromatic rings. The van der Waals surface area contributed by atoms with Gasteiger partial charge in [-0.25, -0.2) is 9.37 Å². The highest BCUT2D eigenvalue weighted by atomic mass is 19.2. The third-order valence-electron chi connectivity index (χ3n) is 3.15. The van der Waals surface area contributed by atoms with Crippen molar-refractivity contribution in [1.29, 1.82) is 0 Å². The first-order valence-corrected chi connectivity index (χ1v) is 5.79. The predicted molar refractivity (Wildman–Crippen MR) is 60.0 cm³/mol. The number of carbonyl (C=O) groups is 1. The molecule has 1 fully saturated rings. The molecule has 0 aliphatic carbocycles. The summed E-state index contributed by atoms with van der Waals surface area (Å²) < 4.78 is 31.5. The van der Waals surface area contributed by atoms with E-state index in [4.69, 9.17) is 4.74 Å². The van der Waals surface area contributed by atoms with Crippen molar-refractivity contribution in [2.24, 2.45) is 5.92 Å². The Morgan fingerprint density at radius 2 is 2.39 bits per heavy atom. The van der Waals surface area contributed by atoms with Crippen LogP contribution < -0.4 is 5.32 Å². The summed E-state index contributed by atoms with van der Waals surface area (Å²) in [5.41, 5.74) is -0.325. The van der Waals surface area contributed by atoms with Gasteiger partial charge in [0.15, 0.2) is 5.82 Å². The second kappa shape index (κ2) is 5.39. The summed E-state index contributed by atoms with van der Waals surface area (Å²) >= 11 is 0. The van der Waals surface area contributed by atoms with Crippen LogP contribution in [-0.4, -0.2) is 30.1 Å². The van der Waals surface area contributed by atoms with Crippen molar-refractivity contribution < 1.29 is 18.3 Å². The molecule has 2 rings (SSSR count). The number of halogens is 2. The minimum Gasteiger partial charge on any atom is -0.378 e. The van der Waals surface area contributed by atoms with Crippen LogP contribution in [0.4, 0.5) is 8.78 Å². The van der Waals surface area contributed by atoms with Crippen LogP contribution in [0.2, 0.25) is 0 Å². The van der Waals surface area contributed by atoms with Gasteiger partial charge in [0.25, 0.3) is 5.91 Å². The van der Waals surface area contributed by atoms with Gasteiger partial charge in [0.05, 0.1) is 11.7 Å². The van der Waals surface area contributed by atoms with Crippen molar-refractivity contribution in [1.82, 2.24) is 10.3 Å². The monoisotopic (exact) mass is 256 g/mol. The molecule has 1 N–H and O–H groups in total. The molecular weight excluding hydrogens is 242 g/mol. The normalized spacial score (nSPS) is 23.1. The number of ether oxygens (including phenoxy) is 1. The minimum absolute atomic E-state index is 0.0734. The highest BCUT2D eigenvalue weighted by Gasteiger charge is 2.25. The van der Waals surface area contributed by atoms with Crippen molar-refractivity contribution >= 4 is 5.91 Å². The van der Waals surface area contributed by atoms with Gasteiger partial charge in [0, 0.05) is 25.3 Å². The molecule has 98 valence electrons. The SMILES string of the molecule is CC1OCCC1CNC(=O)c1ccnc(F)c1F. The summed E-state index contributed by atoms with van der Waals surface area (Å²) in [5.74, 6) is -2.90. The molecule has 0 saturated carbocycles. The summed E-state index contributed by atoms with van der Waals surface area (Å²) in [7, 11) is 0. The zero-order chi connectivity index (χ0) is 13.1. The molecule has 18 heavy (non-hydrogen) atoms. The Bertz CT molecular complexity index is 454. The molecule has 1 saturated heterocycles. The first-order chi connectivity index (χ1) is 8.59. The van der Waals surface area contributed by atoms with E-state index in [1.54, 1.807) is 0 Å². The van der Waals surface area contributed by atoms with E-state index >= 15 is 0 Å². The maximum Gasteiger partial charge on any atom is 0.254 e. The highest BCUT2D eigenvalue weighted by Crippen LogP contribution is 2.19. The lowest BCUT2D eigenvalue weighted by atomic mass is 10.0. The van der Waals surface area contributed by atoms with Gasteiger partial charge in [-0.05, 0) is 19.4 Å². The molecule has 0 radical (unpaired) electrons. The average molecular weight is 256 g/mol. The van der Waals surface area contributed by atoms with Crippen molar-refractivity contribution in [3.05, 3.63) is 29.6 Å². The van der Waals surface area contributed by atoms with E-state index < -0.39 is 17.7 Å². The van der Waals surface area contributed by atoms with Crippen molar-refractivity contribution in [3.8, 4) is 0 Å². The molecule has 2 atom stereocenters. The zero-order valence-electron chi connectivity index (χ0n) is 9.95. The molecule has 1 aliphatic heterocycles. The van der Waals surface area contributed by atoms with E-state index in [1.807, 2.05) is 6.92 Å². The first-order valence-electron chi connectivity index (χ1n) is 5.79. The van der Waals surface area contributed by atoms with Gasteiger partial charge in [-0.1, -0.05) is 0 Å². The summed E-state index contributed by atoms with van der Waals surface area (Å²) in [6.07, 6.45) is 1.99. The van der Waals surface area contributed by atoms with E-state index in [0.29, 0.717) is 13.2 Å². The second-order valence-electron chi connectivity index (χ2n) is 4.30. The first kappa shape index (κ1) is 12.9. The molecule has 2 heterocycles. The van der Waals surface area contributed by atoms with E-state index in [-0.39, 0.29) is 17.6 Å². The van der Waals surface area contributed by atoms with Gasteiger partial charge in [-0.3, -0.25) is 4.79 Å². The molecule has 6 heteroatoms. The van der Waals surface area contributed by atoms with Crippen LogP contribution in [0.1, 0.15) is 23.7 Å². The summed E-state index contributed by atoms with van der Waals surface area (Å²) in [6, 6.07) is 1.16. The smallest absolute Gasteiger partial charge is 0.254 e. The summed E-state index contributed by atoms with van der Waals surface area (Å²) in [4.78, 5) is 14.8. The Labute approximate surface area is 103 Å². The number of rotatable bonds is 3. The van der Waals surface area contributed by atoms with Crippen LogP contribution in [0.15, 0.2) is 12.3 Å². The molecule has 1 amide bonds. The number of hydrogen-bond acceptors (Lipinski definition) is 3. The molecule has 0 spiro atoms. The van der Waals surface area contributed by atoms with Gasteiger partial charge < -0.3 is 10.1 Å². The fraction of sp³-hybridized carbons (Fsp3) is 0.500. The minimum atomic E-state index is -1.26. The summed E-state index contributed by atoms with van der Waals surface area (Å²) in [6.45, 7) is 2.99. The second-order valence-corrected chi connectivity index (χ2v) is 4.30. The number of amides is 1. The average Bonchev–Trinajstić information content (AvgIpc) is 2.75. The lowest BCUT2D eigenvalue weighted by Crippen LogP contribution is -2.32. The van der Waals surface area contributed by atoms with Crippen LogP contribution in [0, 0.1) is 17.7 Å². The maximum absolute atomic E-state index is 13.3. The van der Waals surface area contributed by atoms with Crippen molar-refractivity contribution in [2.75, 3.05) is 13.2 Å². The summed E-state index contributed by atoms with van der Waals surface area (Å²) in [5, 5.41) is 2.59. The molecule has 1 aromatic heterocycles. The van der Waals surface area contributed by atoms with Crippen LogP contribution in [0.5, 0.6) is 0 Å². The quantitative estimate of drug-likeness (QED) is 0.834. The highest BCUT2D eigenvalue weighted by molar-refractivity contribution is 5.94. The number of nitrogens with one attached hydrogen (secondary N) is 1. The van der Waals surface area contributed by atoms with Gasteiger partial charge >= 0.3 is 0 Å². The predicted octanol–water partition coefficient (Wildman–Crippen LogP) is 1.51. The van der Waals surface area contributed by atoms with Gasteiger partial charge in [0.1, 0.15) is 0 Å². The number of carbonyl (C=O) groups excluding carboxylic acids is 1. The molecular formula is C12H14F2N2O2. The van der Waals surface area contributed by atoms with Crippen LogP contribution in [0.25, 0.3) is 0 Å². The zero-order valence-corrected chi connectivity index (χ0v) is 9.95. The standard InChI is InChI=1S/C12H14F2N2O2/c1-7-8(3-5-18-7)6-16-12(17)9-2-4-15-11(14)10(9)13/h2,4,7-8H,3,5-6H2,1H3,(H,16,17). The van der Waals surface area contributed by atoms with E-state index in [0.717, 1.165) is 18.7 Å². The number of nitrogens with zero attached hydrogens (tertiary/aromatic N) is 1. The maximum atomic E-state index is 13.3. The fourth-order valence-electron chi connectivity index (χ4n) is 1.96. The van der Waals surface area contributed by atoms with Gasteiger partial charge in [-0.15, -0.1) is 0 Å². The Morgan fingerprint density at radius 1 is 1.61 bits per heavy atom. The lowest BCUT2D eigenvalue weighted by Gasteiger charge is -2.14. The molecule has 2 unspecified atom stereocenters.